The van der Waals surface area contributed by atoms with Crippen molar-refractivity contribution in [2.24, 2.45) is 0 Å². The highest BCUT2D eigenvalue weighted by molar-refractivity contribution is 6.30. The molecular formula is C12H10ClN3O2. The summed E-state index contributed by atoms with van der Waals surface area (Å²) >= 11 is 5.75. The Morgan fingerprint density at radius 3 is 2.72 bits per heavy atom. The molecule has 18 heavy (non-hydrogen) atoms. The Morgan fingerprint density at radius 2 is 2.06 bits per heavy atom. The first kappa shape index (κ1) is 12.3. The zero-order valence-corrected chi connectivity index (χ0v) is 10.1. The number of rotatable bonds is 3. The van der Waals surface area contributed by atoms with Crippen molar-refractivity contribution in [3.05, 3.63) is 63.3 Å². The van der Waals surface area contributed by atoms with Crippen LogP contribution in [0.25, 0.3) is 0 Å². The van der Waals surface area contributed by atoms with Crippen molar-refractivity contribution in [2.45, 2.75) is 6.54 Å². The van der Waals surface area contributed by atoms with E-state index in [4.69, 9.17) is 11.6 Å². The smallest absolute Gasteiger partial charge is 0.263 e. The molecule has 1 heterocycles. The van der Waals surface area contributed by atoms with Gasteiger partial charge in [-0.3, -0.25) is 9.59 Å². The number of hydrogen-bond acceptors (Lipinski definition) is 3. The van der Waals surface area contributed by atoms with E-state index >= 15 is 0 Å². The summed E-state index contributed by atoms with van der Waals surface area (Å²) in [6, 6.07) is 7.08. The molecule has 0 spiro atoms. The number of halogens is 1. The van der Waals surface area contributed by atoms with Crippen LogP contribution >= 0.6 is 11.6 Å². The molecule has 6 heteroatoms. The SMILES string of the molecule is O=C(NCc1ccc(Cl)cc1)c1cnc[nH]c1=O. The van der Waals surface area contributed by atoms with Crippen LogP contribution in [0.1, 0.15) is 15.9 Å². The number of aromatic amines is 1. The van der Waals surface area contributed by atoms with Gasteiger partial charge in [0.15, 0.2) is 0 Å². The van der Waals surface area contributed by atoms with Crippen LogP contribution < -0.4 is 10.9 Å². The van der Waals surface area contributed by atoms with Gasteiger partial charge in [-0.15, -0.1) is 0 Å². The number of nitrogens with one attached hydrogen (secondary N) is 2. The van der Waals surface area contributed by atoms with E-state index in [2.05, 4.69) is 15.3 Å². The zero-order valence-electron chi connectivity index (χ0n) is 9.31. The highest BCUT2D eigenvalue weighted by Crippen LogP contribution is 2.09. The van der Waals surface area contributed by atoms with Crippen LogP contribution in [0.2, 0.25) is 5.02 Å². The minimum absolute atomic E-state index is 0.00790. The van der Waals surface area contributed by atoms with Gasteiger partial charge in [-0.05, 0) is 17.7 Å². The molecule has 0 aliphatic rings. The van der Waals surface area contributed by atoms with Crippen LogP contribution in [0.4, 0.5) is 0 Å². The molecule has 0 saturated carbocycles. The van der Waals surface area contributed by atoms with Gasteiger partial charge in [-0.1, -0.05) is 23.7 Å². The molecule has 2 aromatic rings. The van der Waals surface area contributed by atoms with Gasteiger partial charge in [0.25, 0.3) is 11.5 Å². The lowest BCUT2D eigenvalue weighted by molar-refractivity contribution is 0.0949. The molecule has 2 N–H and O–H groups in total. The van der Waals surface area contributed by atoms with Crippen LogP contribution in [0.15, 0.2) is 41.6 Å². The minimum atomic E-state index is -0.460. The lowest BCUT2D eigenvalue weighted by atomic mass is 10.2. The van der Waals surface area contributed by atoms with Crippen molar-refractivity contribution in [1.82, 2.24) is 15.3 Å². The summed E-state index contributed by atoms with van der Waals surface area (Å²) < 4.78 is 0. The van der Waals surface area contributed by atoms with Gasteiger partial charge in [0.1, 0.15) is 5.56 Å². The third kappa shape index (κ3) is 2.95. The lowest BCUT2D eigenvalue weighted by Crippen LogP contribution is -2.29. The Bertz CT molecular complexity index is 607. The summed E-state index contributed by atoms with van der Waals surface area (Å²) in [5.41, 5.74) is 0.429. The lowest BCUT2D eigenvalue weighted by Gasteiger charge is -2.04. The van der Waals surface area contributed by atoms with Gasteiger partial charge < -0.3 is 10.3 Å². The summed E-state index contributed by atoms with van der Waals surface area (Å²) in [6.45, 7) is 0.324. The molecule has 5 nitrogen and oxygen atoms in total. The van der Waals surface area contributed by atoms with E-state index in [1.165, 1.54) is 12.5 Å². The first-order valence-electron chi connectivity index (χ1n) is 5.22. The van der Waals surface area contributed by atoms with Gasteiger partial charge in [-0.25, -0.2) is 4.98 Å². The highest BCUT2D eigenvalue weighted by Gasteiger charge is 2.09. The van der Waals surface area contributed by atoms with Crippen LogP contribution in [0.3, 0.4) is 0 Å². The Hall–Kier alpha value is -2.14. The van der Waals surface area contributed by atoms with E-state index in [1.807, 2.05) is 0 Å². The quantitative estimate of drug-likeness (QED) is 0.878. The normalized spacial score (nSPS) is 10.1. The zero-order chi connectivity index (χ0) is 13.0. The van der Waals surface area contributed by atoms with E-state index in [0.29, 0.717) is 11.6 Å². The predicted molar refractivity (Wildman–Crippen MR) is 67.5 cm³/mol. The molecule has 92 valence electrons. The molecular weight excluding hydrogens is 254 g/mol. The molecule has 1 aromatic heterocycles. The minimum Gasteiger partial charge on any atom is -0.348 e. The van der Waals surface area contributed by atoms with Gasteiger partial charge in [-0.2, -0.15) is 0 Å². The second-order valence-corrected chi connectivity index (χ2v) is 4.04. The molecule has 2 rings (SSSR count). The first-order chi connectivity index (χ1) is 8.66. The van der Waals surface area contributed by atoms with Crippen molar-refractivity contribution >= 4 is 17.5 Å². The molecule has 0 unspecified atom stereocenters. The van der Waals surface area contributed by atoms with Crippen molar-refractivity contribution < 1.29 is 4.79 Å². The Labute approximate surface area is 108 Å². The van der Waals surface area contributed by atoms with Crippen LogP contribution in [0, 0.1) is 0 Å². The number of amides is 1. The maximum absolute atomic E-state index is 11.7. The molecule has 0 aliphatic heterocycles. The number of nitrogens with zero attached hydrogens (tertiary/aromatic N) is 1. The Morgan fingerprint density at radius 1 is 1.33 bits per heavy atom. The standard InChI is InChI=1S/C12H10ClN3O2/c13-9-3-1-8(2-4-9)5-15-11(17)10-6-14-7-16-12(10)18/h1-4,6-7H,5H2,(H,15,17)(H,14,16,18). The van der Waals surface area contributed by atoms with Crippen molar-refractivity contribution in [3.63, 3.8) is 0 Å². The molecule has 0 atom stereocenters. The molecule has 1 amide bonds. The van der Waals surface area contributed by atoms with E-state index in [0.717, 1.165) is 5.56 Å². The molecule has 0 radical (unpaired) electrons. The van der Waals surface area contributed by atoms with Crippen molar-refractivity contribution in [2.75, 3.05) is 0 Å². The van der Waals surface area contributed by atoms with E-state index < -0.39 is 11.5 Å². The fourth-order valence-corrected chi connectivity index (χ4v) is 1.51. The second-order valence-electron chi connectivity index (χ2n) is 3.60. The first-order valence-corrected chi connectivity index (χ1v) is 5.60. The largest absolute Gasteiger partial charge is 0.348 e. The number of benzene rings is 1. The van der Waals surface area contributed by atoms with Gasteiger partial charge in [0.05, 0.1) is 6.33 Å². The van der Waals surface area contributed by atoms with Gasteiger partial charge in [0, 0.05) is 17.8 Å². The molecule has 0 fully saturated rings. The Kier molecular flexibility index (Phi) is 3.74. The van der Waals surface area contributed by atoms with Crippen LogP contribution in [-0.2, 0) is 6.54 Å². The third-order valence-electron chi connectivity index (χ3n) is 2.33. The van der Waals surface area contributed by atoms with Crippen LogP contribution in [0.5, 0.6) is 0 Å². The van der Waals surface area contributed by atoms with Gasteiger partial charge >= 0.3 is 0 Å². The maximum Gasteiger partial charge on any atom is 0.263 e. The van der Waals surface area contributed by atoms with E-state index in [-0.39, 0.29) is 5.56 Å². The summed E-state index contributed by atoms with van der Waals surface area (Å²) in [5.74, 6) is -0.459. The van der Waals surface area contributed by atoms with E-state index in [9.17, 15) is 9.59 Å². The highest BCUT2D eigenvalue weighted by atomic mass is 35.5. The fraction of sp³-hybridized carbons (Fsp3) is 0.0833. The number of carbonyl (C=O) groups excluding carboxylic acids is 1. The van der Waals surface area contributed by atoms with Crippen molar-refractivity contribution in [1.29, 1.82) is 0 Å². The molecule has 1 aromatic carbocycles. The molecule has 0 bridgehead atoms. The summed E-state index contributed by atoms with van der Waals surface area (Å²) in [7, 11) is 0. The van der Waals surface area contributed by atoms with Gasteiger partial charge in [0.2, 0.25) is 0 Å². The molecule has 0 aliphatic carbocycles. The number of H-pyrrole nitrogens is 1. The Balaban J connectivity index is 2.03. The summed E-state index contributed by atoms with van der Waals surface area (Å²) in [6.07, 6.45) is 2.47. The van der Waals surface area contributed by atoms with Crippen molar-refractivity contribution in [3.8, 4) is 0 Å². The fourth-order valence-electron chi connectivity index (χ4n) is 1.39. The summed E-state index contributed by atoms with van der Waals surface area (Å²) in [5, 5.41) is 3.27. The number of hydrogen-bond donors (Lipinski definition) is 2. The predicted octanol–water partition coefficient (Wildman–Crippen LogP) is 1.35. The monoisotopic (exact) mass is 263 g/mol. The second kappa shape index (κ2) is 5.46. The van der Waals surface area contributed by atoms with E-state index in [1.54, 1.807) is 24.3 Å². The summed E-state index contributed by atoms with van der Waals surface area (Å²) in [4.78, 5) is 29.1. The maximum atomic E-state index is 11.7. The average molecular weight is 264 g/mol. The number of aromatic nitrogens is 2. The average Bonchev–Trinajstić information content (AvgIpc) is 2.38. The number of carbonyl (C=O) groups is 1. The molecule has 0 saturated heterocycles. The topological polar surface area (TPSA) is 74.8 Å². The van der Waals surface area contributed by atoms with Crippen LogP contribution in [-0.4, -0.2) is 15.9 Å². The third-order valence-corrected chi connectivity index (χ3v) is 2.58.